The molecule has 0 aromatic rings. The van der Waals surface area contributed by atoms with Crippen molar-refractivity contribution in [1.82, 2.24) is 0 Å². The van der Waals surface area contributed by atoms with E-state index in [4.69, 9.17) is 10.2 Å². The summed E-state index contributed by atoms with van der Waals surface area (Å²) >= 11 is 2.99. The number of aliphatic hydroxyl groups is 1. The summed E-state index contributed by atoms with van der Waals surface area (Å²) in [6.45, 7) is 0.138. The van der Waals surface area contributed by atoms with Crippen molar-refractivity contribution in [2.75, 3.05) is 6.61 Å². The fourth-order valence-electron chi connectivity index (χ4n) is 0.559. The summed E-state index contributed by atoms with van der Waals surface area (Å²) in [6, 6.07) is 0. The summed E-state index contributed by atoms with van der Waals surface area (Å²) in [6.07, 6.45) is 2.00. The second kappa shape index (κ2) is 5.68. The lowest BCUT2D eigenvalue weighted by atomic mass is 10.2. The summed E-state index contributed by atoms with van der Waals surface area (Å²) in [5.41, 5.74) is 0. The average Bonchev–Trinajstić information content (AvgIpc) is 1.88. The lowest BCUT2D eigenvalue weighted by molar-refractivity contribution is -0.136. The lowest BCUT2D eigenvalue weighted by Crippen LogP contribution is -2.12. The molecule has 0 aliphatic rings. The number of unbranched alkanes of at least 4 members (excludes halogenated alkanes) is 1. The number of carbonyl (C=O) groups is 1. The van der Waals surface area contributed by atoms with E-state index in [1.807, 2.05) is 0 Å². The Morgan fingerprint density at radius 2 is 2.10 bits per heavy atom. The Morgan fingerprint density at radius 3 is 2.50 bits per heavy atom. The highest BCUT2D eigenvalue weighted by atomic mass is 79.9. The first-order valence-electron chi connectivity index (χ1n) is 3.16. The molecular formula is C6H11BrO3. The highest BCUT2D eigenvalue weighted by Gasteiger charge is 2.10. The maximum Gasteiger partial charge on any atom is 0.317 e. The molecule has 2 N–H and O–H groups in total. The molecule has 0 rings (SSSR count). The zero-order valence-electron chi connectivity index (χ0n) is 5.59. The van der Waals surface area contributed by atoms with Gasteiger partial charge in [0.05, 0.1) is 0 Å². The van der Waals surface area contributed by atoms with Gasteiger partial charge in [-0.3, -0.25) is 4.79 Å². The minimum absolute atomic E-state index is 0.138. The van der Waals surface area contributed by atoms with E-state index >= 15 is 0 Å². The quantitative estimate of drug-likeness (QED) is 0.526. The molecule has 0 fully saturated rings. The zero-order chi connectivity index (χ0) is 7.98. The van der Waals surface area contributed by atoms with Crippen molar-refractivity contribution >= 4 is 21.9 Å². The maximum atomic E-state index is 10.2. The van der Waals surface area contributed by atoms with E-state index in [0.717, 1.165) is 6.42 Å². The number of aliphatic carboxylic acids is 1. The standard InChI is InChI=1S/C6H11BrO3/c7-5(6(9)10)3-1-2-4-8/h5,8H,1-4H2,(H,9,10). The first-order chi connectivity index (χ1) is 4.68. The van der Waals surface area contributed by atoms with E-state index in [0.29, 0.717) is 12.8 Å². The molecule has 0 spiro atoms. The van der Waals surface area contributed by atoms with Gasteiger partial charge in [-0.05, 0) is 19.3 Å². The molecule has 1 unspecified atom stereocenters. The molecule has 0 saturated carbocycles. The molecule has 4 heteroatoms. The van der Waals surface area contributed by atoms with Crippen LogP contribution in [0.15, 0.2) is 0 Å². The second-order valence-corrected chi connectivity index (χ2v) is 3.13. The minimum atomic E-state index is -0.835. The van der Waals surface area contributed by atoms with Crippen molar-refractivity contribution in [3.8, 4) is 0 Å². The molecule has 0 heterocycles. The van der Waals surface area contributed by atoms with Crippen molar-refractivity contribution in [2.45, 2.75) is 24.1 Å². The van der Waals surface area contributed by atoms with Crippen molar-refractivity contribution in [1.29, 1.82) is 0 Å². The Bertz CT molecular complexity index is 105. The van der Waals surface area contributed by atoms with Gasteiger partial charge in [0.1, 0.15) is 4.83 Å². The number of hydrogen-bond donors (Lipinski definition) is 2. The van der Waals surface area contributed by atoms with Crippen LogP contribution in [0.1, 0.15) is 19.3 Å². The predicted molar refractivity (Wildman–Crippen MR) is 41.3 cm³/mol. The number of halogens is 1. The third kappa shape index (κ3) is 4.76. The molecule has 0 radical (unpaired) electrons. The van der Waals surface area contributed by atoms with Crippen LogP contribution in [0.2, 0.25) is 0 Å². The smallest absolute Gasteiger partial charge is 0.317 e. The molecular weight excluding hydrogens is 200 g/mol. The first-order valence-corrected chi connectivity index (χ1v) is 4.07. The van der Waals surface area contributed by atoms with Crippen LogP contribution >= 0.6 is 15.9 Å². The van der Waals surface area contributed by atoms with Crippen molar-refractivity contribution in [3.05, 3.63) is 0 Å². The van der Waals surface area contributed by atoms with E-state index in [9.17, 15) is 4.79 Å². The summed E-state index contributed by atoms with van der Waals surface area (Å²) in [4.78, 5) is 9.72. The van der Waals surface area contributed by atoms with E-state index < -0.39 is 10.8 Å². The number of carboxylic acids is 1. The molecule has 0 bridgehead atoms. The fraction of sp³-hybridized carbons (Fsp3) is 0.833. The number of rotatable bonds is 5. The molecule has 1 atom stereocenters. The normalized spacial score (nSPS) is 13.0. The largest absolute Gasteiger partial charge is 0.480 e. The van der Waals surface area contributed by atoms with Crippen LogP contribution in [0.4, 0.5) is 0 Å². The Hall–Kier alpha value is -0.0900. The number of aliphatic hydroxyl groups excluding tert-OH is 1. The molecule has 3 nitrogen and oxygen atoms in total. The molecule has 0 amide bonds. The Labute approximate surface area is 68.2 Å². The van der Waals surface area contributed by atoms with E-state index in [1.165, 1.54) is 0 Å². The Morgan fingerprint density at radius 1 is 1.50 bits per heavy atom. The van der Waals surface area contributed by atoms with Crippen LogP contribution in [-0.4, -0.2) is 27.6 Å². The van der Waals surface area contributed by atoms with Crippen molar-refractivity contribution < 1.29 is 15.0 Å². The molecule has 0 aliphatic carbocycles. The minimum Gasteiger partial charge on any atom is -0.480 e. The lowest BCUT2D eigenvalue weighted by Gasteiger charge is -2.01. The molecule has 0 aliphatic heterocycles. The van der Waals surface area contributed by atoms with Crippen molar-refractivity contribution in [2.24, 2.45) is 0 Å². The zero-order valence-corrected chi connectivity index (χ0v) is 7.17. The summed E-state index contributed by atoms with van der Waals surface area (Å²) in [5, 5.41) is 16.7. The van der Waals surface area contributed by atoms with Gasteiger partial charge in [-0.1, -0.05) is 15.9 Å². The van der Waals surface area contributed by atoms with Crippen LogP contribution in [0.3, 0.4) is 0 Å². The number of hydrogen-bond acceptors (Lipinski definition) is 2. The van der Waals surface area contributed by atoms with E-state index in [-0.39, 0.29) is 6.61 Å². The van der Waals surface area contributed by atoms with E-state index in [2.05, 4.69) is 15.9 Å². The van der Waals surface area contributed by atoms with Crippen LogP contribution in [0.5, 0.6) is 0 Å². The van der Waals surface area contributed by atoms with Gasteiger partial charge in [0, 0.05) is 6.61 Å². The summed E-state index contributed by atoms with van der Waals surface area (Å²) in [7, 11) is 0. The maximum absolute atomic E-state index is 10.2. The second-order valence-electron chi connectivity index (χ2n) is 2.03. The average molecular weight is 211 g/mol. The summed E-state index contributed by atoms with van der Waals surface area (Å²) < 4.78 is 0. The van der Waals surface area contributed by atoms with Crippen molar-refractivity contribution in [3.63, 3.8) is 0 Å². The van der Waals surface area contributed by atoms with E-state index in [1.54, 1.807) is 0 Å². The van der Waals surface area contributed by atoms with Crippen LogP contribution in [-0.2, 0) is 4.79 Å². The molecule has 0 saturated heterocycles. The van der Waals surface area contributed by atoms with Gasteiger partial charge in [0.2, 0.25) is 0 Å². The van der Waals surface area contributed by atoms with Gasteiger partial charge in [0.15, 0.2) is 0 Å². The molecule has 10 heavy (non-hydrogen) atoms. The molecule has 0 aromatic heterocycles. The highest BCUT2D eigenvalue weighted by molar-refractivity contribution is 9.10. The number of alkyl halides is 1. The van der Waals surface area contributed by atoms with Crippen LogP contribution in [0, 0.1) is 0 Å². The van der Waals surface area contributed by atoms with Gasteiger partial charge in [-0.25, -0.2) is 0 Å². The Kier molecular flexibility index (Phi) is 5.63. The van der Waals surface area contributed by atoms with Crippen LogP contribution < -0.4 is 0 Å². The van der Waals surface area contributed by atoms with Gasteiger partial charge in [-0.15, -0.1) is 0 Å². The van der Waals surface area contributed by atoms with Gasteiger partial charge >= 0.3 is 5.97 Å². The van der Waals surface area contributed by atoms with Gasteiger partial charge in [-0.2, -0.15) is 0 Å². The monoisotopic (exact) mass is 210 g/mol. The predicted octanol–water partition coefficient (Wildman–Crippen LogP) is 0.997. The topological polar surface area (TPSA) is 57.5 Å². The SMILES string of the molecule is O=C(O)C(Br)CCCCO. The van der Waals surface area contributed by atoms with Crippen LogP contribution in [0.25, 0.3) is 0 Å². The third-order valence-corrected chi connectivity index (χ3v) is 1.98. The molecule has 0 aromatic carbocycles. The third-order valence-electron chi connectivity index (χ3n) is 1.13. The van der Waals surface area contributed by atoms with Gasteiger partial charge in [0.25, 0.3) is 0 Å². The highest BCUT2D eigenvalue weighted by Crippen LogP contribution is 2.09. The summed E-state index contributed by atoms with van der Waals surface area (Å²) in [5.74, 6) is -0.835. The van der Waals surface area contributed by atoms with Gasteiger partial charge < -0.3 is 10.2 Å². The number of carboxylic acid groups (broad SMARTS) is 1. The first kappa shape index (κ1) is 9.91. The Balaban J connectivity index is 3.21. The fourth-order valence-corrected chi connectivity index (χ4v) is 0.883. The molecule has 60 valence electrons.